The fraction of sp³-hybridized carbons (Fsp3) is 0.923. The SMILES string of the molecule is CNC(C(=O)O)[C@@H](C)C1COC2(CCCCC2)O1. The van der Waals surface area contributed by atoms with Gasteiger partial charge in [-0.15, -0.1) is 0 Å². The third-order valence-electron chi connectivity index (χ3n) is 4.18. The molecule has 0 amide bonds. The van der Waals surface area contributed by atoms with Crippen molar-refractivity contribution in [2.24, 2.45) is 5.92 Å². The number of aliphatic carboxylic acids is 1. The molecule has 0 radical (unpaired) electrons. The van der Waals surface area contributed by atoms with Gasteiger partial charge in [-0.3, -0.25) is 4.79 Å². The van der Waals surface area contributed by atoms with Gasteiger partial charge in [0, 0.05) is 18.8 Å². The van der Waals surface area contributed by atoms with E-state index in [1.807, 2.05) is 6.92 Å². The van der Waals surface area contributed by atoms with E-state index in [0.29, 0.717) is 6.61 Å². The zero-order valence-corrected chi connectivity index (χ0v) is 11.1. The molecule has 2 aliphatic rings. The first-order valence-corrected chi connectivity index (χ1v) is 6.80. The van der Waals surface area contributed by atoms with Crippen LogP contribution in [0.2, 0.25) is 0 Å². The first kappa shape index (κ1) is 13.8. The summed E-state index contributed by atoms with van der Waals surface area (Å²) in [5.74, 6) is -1.36. The average molecular weight is 257 g/mol. The van der Waals surface area contributed by atoms with Crippen molar-refractivity contribution >= 4 is 5.97 Å². The maximum Gasteiger partial charge on any atom is 0.321 e. The Morgan fingerprint density at radius 1 is 1.39 bits per heavy atom. The topological polar surface area (TPSA) is 67.8 Å². The summed E-state index contributed by atoms with van der Waals surface area (Å²) in [4.78, 5) is 11.1. The Morgan fingerprint density at radius 2 is 2.06 bits per heavy atom. The van der Waals surface area contributed by atoms with Crippen LogP contribution in [-0.4, -0.2) is 42.7 Å². The second kappa shape index (κ2) is 5.55. The number of hydrogen-bond donors (Lipinski definition) is 2. The quantitative estimate of drug-likeness (QED) is 0.796. The number of ether oxygens (including phenoxy) is 2. The van der Waals surface area contributed by atoms with Gasteiger partial charge in [-0.05, 0) is 19.9 Å². The van der Waals surface area contributed by atoms with Gasteiger partial charge in [0.15, 0.2) is 5.79 Å². The summed E-state index contributed by atoms with van der Waals surface area (Å²) in [5.41, 5.74) is 0. The average Bonchev–Trinajstić information content (AvgIpc) is 2.74. The molecule has 5 heteroatoms. The molecule has 0 bridgehead atoms. The van der Waals surface area contributed by atoms with E-state index in [0.717, 1.165) is 25.7 Å². The number of carbonyl (C=O) groups is 1. The standard InChI is InChI=1S/C13H23NO4/c1-9(11(14-2)12(15)16)10-8-17-13(18-10)6-4-3-5-7-13/h9-11,14H,3-8H2,1-2H3,(H,15,16)/t9-,10?,11?/m0/s1. The van der Waals surface area contributed by atoms with E-state index in [2.05, 4.69) is 5.32 Å². The Hall–Kier alpha value is -0.650. The van der Waals surface area contributed by atoms with Crippen LogP contribution in [0.1, 0.15) is 39.0 Å². The zero-order valence-electron chi connectivity index (χ0n) is 11.1. The highest BCUT2D eigenvalue weighted by molar-refractivity contribution is 5.73. The Bertz CT molecular complexity index is 301. The number of rotatable bonds is 4. The number of carboxylic acids is 1. The molecule has 1 saturated heterocycles. The molecule has 104 valence electrons. The molecule has 3 atom stereocenters. The van der Waals surface area contributed by atoms with Gasteiger partial charge >= 0.3 is 5.97 Å². The molecule has 0 aromatic rings. The molecule has 0 aromatic carbocycles. The molecule has 1 spiro atoms. The van der Waals surface area contributed by atoms with Crippen LogP contribution in [0.4, 0.5) is 0 Å². The van der Waals surface area contributed by atoms with Crippen LogP contribution >= 0.6 is 0 Å². The summed E-state index contributed by atoms with van der Waals surface area (Å²) in [6, 6.07) is -0.586. The number of likely N-dealkylation sites (N-methyl/N-ethyl adjacent to an activating group) is 1. The van der Waals surface area contributed by atoms with Crippen LogP contribution in [-0.2, 0) is 14.3 Å². The van der Waals surface area contributed by atoms with E-state index >= 15 is 0 Å². The first-order valence-electron chi connectivity index (χ1n) is 6.80. The molecule has 18 heavy (non-hydrogen) atoms. The summed E-state index contributed by atoms with van der Waals surface area (Å²) in [5, 5.41) is 12.0. The number of hydrogen-bond acceptors (Lipinski definition) is 4. The molecule has 2 unspecified atom stereocenters. The lowest BCUT2D eigenvalue weighted by Gasteiger charge is -2.33. The van der Waals surface area contributed by atoms with E-state index in [1.54, 1.807) is 7.05 Å². The smallest absolute Gasteiger partial charge is 0.321 e. The van der Waals surface area contributed by atoms with Crippen molar-refractivity contribution in [1.82, 2.24) is 5.32 Å². The van der Waals surface area contributed by atoms with Crippen LogP contribution in [0.15, 0.2) is 0 Å². The van der Waals surface area contributed by atoms with Crippen molar-refractivity contribution in [2.45, 2.75) is 57.0 Å². The lowest BCUT2D eigenvalue weighted by molar-refractivity contribution is -0.192. The molecular weight excluding hydrogens is 234 g/mol. The normalized spacial score (nSPS) is 30.2. The summed E-state index contributed by atoms with van der Waals surface area (Å²) in [7, 11) is 1.67. The molecule has 0 aromatic heterocycles. The molecule has 1 saturated carbocycles. The molecule has 2 N–H and O–H groups in total. The molecule has 2 fully saturated rings. The highest BCUT2D eigenvalue weighted by Crippen LogP contribution is 2.39. The minimum atomic E-state index is -0.835. The molecule has 1 heterocycles. The van der Waals surface area contributed by atoms with E-state index in [-0.39, 0.29) is 12.0 Å². The zero-order chi connectivity index (χ0) is 13.2. The van der Waals surface area contributed by atoms with Crippen molar-refractivity contribution in [3.05, 3.63) is 0 Å². The van der Waals surface area contributed by atoms with Gasteiger partial charge in [0.05, 0.1) is 12.7 Å². The van der Waals surface area contributed by atoms with E-state index in [4.69, 9.17) is 14.6 Å². The van der Waals surface area contributed by atoms with Gasteiger partial charge in [0.25, 0.3) is 0 Å². The van der Waals surface area contributed by atoms with Crippen molar-refractivity contribution in [2.75, 3.05) is 13.7 Å². The van der Waals surface area contributed by atoms with E-state index in [1.165, 1.54) is 6.42 Å². The first-order chi connectivity index (χ1) is 8.58. The predicted molar refractivity (Wildman–Crippen MR) is 66.3 cm³/mol. The van der Waals surface area contributed by atoms with Gasteiger partial charge < -0.3 is 19.9 Å². The van der Waals surface area contributed by atoms with Gasteiger partial charge in [-0.1, -0.05) is 13.3 Å². The maximum atomic E-state index is 11.1. The number of nitrogens with one attached hydrogen (secondary N) is 1. The van der Waals surface area contributed by atoms with Crippen LogP contribution < -0.4 is 5.32 Å². The molecule has 5 nitrogen and oxygen atoms in total. The molecule has 2 rings (SSSR count). The van der Waals surface area contributed by atoms with Crippen molar-refractivity contribution in [1.29, 1.82) is 0 Å². The third-order valence-corrected chi connectivity index (χ3v) is 4.18. The molecule has 1 aliphatic carbocycles. The highest BCUT2D eigenvalue weighted by Gasteiger charge is 2.45. The van der Waals surface area contributed by atoms with Crippen molar-refractivity contribution in [3.8, 4) is 0 Å². The largest absolute Gasteiger partial charge is 0.480 e. The maximum absolute atomic E-state index is 11.1. The van der Waals surface area contributed by atoms with Crippen LogP contribution in [0.25, 0.3) is 0 Å². The lowest BCUT2D eigenvalue weighted by atomic mass is 9.93. The predicted octanol–water partition coefficient (Wildman–Crippen LogP) is 1.37. The molecular formula is C13H23NO4. The Labute approximate surface area is 108 Å². The van der Waals surface area contributed by atoms with Gasteiger partial charge in [-0.25, -0.2) is 0 Å². The minimum absolute atomic E-state index is 0.103. The Morgan fingerprint density at radius 3 is 2.61 bits per heavy atom. The third kappa shape index (κ3) is 2.68. The van der Waals surface area contributed by atoms with Crippen molar-refractivity contribution in [3.63, 3.8) is 0 Å². The summed E-state index contributed by atoms with van der Waals surface area (Å²) in [6.07, 6.45) is 5.26. The minimum Gasteiger partial charge on any atom is -0.480 e. The summed E-state index contributed by atoms with van der Waals surface area (Å²) in [6.45, 7) is 2.41. The summed E-state index contributed by atoms with van der Waals surface area (Å²) < 4.78 is 11.9. The van der Waals surface area contributed by atoms with Crippen LogP contribution in [0.3, 0.4) is 0 Å². The van der Waals surface area contributed by atoms with Gasteiger partial charge in [0.1, 0.15) is 6.04 Å². The fourth-order valence-electron chi connectivity index (χ4n) is 3.02. The van der Waals surface area contributed by atoms with Gasteiger partial charge in [0.2, 0.25) is 0 Å². The summed E-state index contributed by atoms with van der Waals surface area (Å²) >= 11 is 0. The lowest BCUT2D eigenvalue weighted by Crippen LogP contribution is -2.45. The Balaban J connectivity index is 1.97. The van der Waals surface area contributed by atoms with Crippen molar-refractivity contribution < 1.29 is 19.4 Å². The van der Waals surface area contributed by atoms with E-state index < -0.39 is 17.8 Å². The van der Waals surface area contributed by atoms with Crippen LogP contribution in [0, 0.1) is 5.92 Å². The van der Waals surface area contributed by atoms with Gasteiger partial charge in [-0.2, -0.15) is 0 Å². The fourth-order valence-corrected chi connectivity index (χ4v) is 3.02. The molecule has 1 aliphatic heterocycles. The Kier molecular flexibility index (Phi) is 4.25. The van der Waals surface area contributed by atoms with E-state index in [9.17, 15) is 4.79 Å². The second-order valence-corrected chi connectivity index (χ2v) is 5.40. The monoisotopic (exact) mass is 257 g/mol. The second-order valence-electron chi connectivity index (χ2n) is 5.40. The number of carboxylic acid groups (broad SMARTS) is 1. The highest BCUT2D eigenvalue weighted by atomic mass is 16.7. The van der Waals surface area contributed by atoms with Crippen LogP contribution in [0.5, 0.6) is 0 Å².